The standard InChI is InChI=1S/C20H16N4S/c1-2-6-16-15(4-1)11-24(20-22-13-23-25-20)12-19(16)18-7-3-5-14-10-21-9-8-17(14)18/h1-7,10,12-13H,8-9,11H2. The predicted molar refractivity (Wildman–Crippen MR) is 102 cm³/mol. The quantitative estimate of drug-likeness (QED) is 0.707. The number of aliphatic imine (C=N–C) groups is 1. The second kappa shape index (κ2) is 5.93. The lowest BCUT2D eigenvalue weighted by Gasteiger charge is -2.28. The summed E-state index contributed by atoms with van der Waals surface area (Å²) in [7, 11) is 0. The minimum Gasteiger partial charge on any atom is -0.318 e. The van der Waals surface area contributed by atoms with Crippen molar-refractivity contribution in [3.8, 4) is 0 Å². The summed E-state index contributed by atoms with van der Waals surface area (Å²) in [5.41, 5.74) is 7.79. The van der Waals surface area contributed by atoms with Crippen molar-refractivity contribution < 1.29 is 0 Å². The average molecular weight is 344 g/mol. The topological polar surface area (TPSA) is 41.4 Å². The summed E-state index contributed by atoms with van der Waals surface area (Å²) in [5.74, 6) is 0. The number of hydrogen-bond donors (Lipinski definition) is 0. The lowest BCUT2D eigenvalue weighted by Crippen LogP contribution is -2.22. The molecule has 2 aliphatic rings. The average Bonchev–Trinajstić information content (AvgIpc) is 3.21. The molecule has 0 saturated heterocycles. The van der Waals surface area contributed by atoms with Gasteiger partial charge in [0, 0.05) is 36.1 Å². The summed E-state index contributed by atoms with van der Waals surface area (Å²) in [6, 6.07) is 15.1. The number of aromatic nitrogens is 2. The van der Waals surface area contributed by atoms with E-state index in [4.69, 9.17) is 0 Å². The molecule has 0 bridgehead atoms. The second-order valence-corrected chi connectivity index (χ2v) is 6.97. The Kier molecular flexibility index (Phi) is 3.45. The largest absolute Gasteiger partial charge is 0.318 e. The molecule has 5 rings (SSSR count). The number of hydrogen-bond acceptors (Lipinski definition) is 5. The number of fused-ring (bicyclic) bond motifs is 2. The third-order valence-electron chi connectivity index (χ3n) is 4.75. The van der Waals surface area contributed by atoms with Crippen LogP contribution < -0.4 is 4.90 Å². The first-order chi connectivity index (χ1) is 12.4. The summed E-state index contributed by atoms with van der Waals surface area (Å²) < 4.78 is 4.16. The van der Waals surface area contributed by atoms with Crippen LogP contribution in [0.2, 0.25) is 0 Å². The number of benzene rings is 2. The molecule has 0 unspecified atom stereocenters. The van der Waals surface area contributed by atoms with Gasteiger partial charge in [0.1, 0.15) is 6.33 Å². The van der Waals surface area contributed by atoms with Gasteiger partial charge in [0.2, 0.25) is 5.13 Å². The van der Waals surface area contributed by atoms with Crippen LogP contribution in [0.3, 0.4) is 0 Å². The van der Waals surface area contributed by atoms with Crippen LogP contribution in [-0.4, -0.2) is 22.1 Å². The minimum absolute atomic E-state index is 0.825. The Morgan fingerprint density at radius 2 is 1.92 bits per heavy atom. The number of rotatable bonds is 2. The first kappa shape index (κ1) is 14.5. The Morgan fingerprint density at radius 3 is 2.84 bits per heavy atom. The lowest BCUT2D eigenvalue weighted by molar-refractivity contribution is 0.928. The van der Waals surface area contributed by atoms with Crippen LogP contribution >= 0.6 is 11.5 Å². The van der Waals surface area contributed by atoms with E-state index < -0.39 is 0 Å². The van der Waals surface area contributed by atoms with E-state index in [9.17, 15) is 0 Å². The molecule has 0 atom stereocenters. The van der Waals surface area contributed by atoms with E-state index in [0.29, 0.717) is 0 Å². The smallest absolute Gasteiger partial charge is 0.209 e. The highest BCUT2D eigenvalue weighted by molar-refractivity contribution is 7.09. The lowest BCUT2D eigenvalue weighted by atomic mass is 9.86. The molecule has 0 amide bonds. The molecule has 2 aliphatic heterocycles. The third kappa shape index (κ3) is 2.48. The SMILES string of the molecule is C1=NCCc2c1cccc2C1=CN(c2ncns2)Cc2ccccc21. The molecule has 3 heterocycles. The summed E-state index contributed by atoms with van der Waals surface area (Å²) >= 11 is 1.43. The van der Waals surface area contributed by atoms with E-state index in [1.807, 2.05) is 6.21 Å². The fraction of sp³-hybridized carbons (Fsp3) is 0.150. The predicted octanol–water partition coefficient (Wildman–Crippen LogP) is 3.92. The first-order valence-electron chi connectivity index (χ1n) is 8.35. The fourth-order valence-corrected chi connectivity index (χ4v) is 4.11. The molecule has 122 valence electrons. The zero-order chi connectivity index (χ0) is 16.6. The Bertz CT molecular complexity index is 989. The zero-order valence-corrected chi connectivity index (χ0v) is 14.4. The molecular weight excluding hydrogens is 328 g/mol. The van der Waals surface area contributed by atoms with Crippen molar-refractivity contribution in [1.29, 1.82) is 0 Å². The number of anilines is 1. The van der Waals surface area contributed by atoms with Gasteiger partial charge in [0.05, 0.1) is 6.54 Å². The highest BCUT2D eigenvalue weighted by atomic mass is 32.1. The molecule has 5 heteroatoms. The maximum absolute atomic E-state index is 4.43. The fourth-order valence-electron chi connectivity index (χ4n) is 3.60. The molecule has 4 nitrogen and oxygen atoms in total. The number of nitrogens with zero attached hydrogens (tertiary/aromatic N) is 4. The van der Waals surface area contributed by atoms with Gasteiger partial charge in [-0.25, -0.2) is 4.98 Å². The maximum Gasteiger partial charge on any atom is 0.209 e. The normalized spacial score (nSPS) is 15.5. The molecule has 0 spiro atoms. The highest BCUT2D eigenvalue weighted by Gasteiger charge is 2.23. The monoisotopic (exact) mass is 344 g/mol. The van der Waals surface area contributed by atoms with Gasteiger partial charge in [0.15, 0.2) is 0 Å². The van der Waals surface area contributed by atoms with Crippen molar-refractivity contribution in [2.75, 3.05) is 11.4 Å². The van der Waals surface area contributed by atoms with Crippen LogP contribution in [0.25, 0.3) is 5.57 Å². The van der Waals surface area contributed by atoms with Gasteiger partial charge in [-0.05, 0) is 34.2 Å². The van der Waals surface area contributed by atoms with Crippen LogP contribution in [0.4, 0.5) is 5.13 Å². The van der Waals surface area contributed by atoms with Crippen LogP contribution in [0.5, 0.6) is 0 Å². The molecule has 0 N–H and O–H groups in total. The van der Waals surface area contributed by atoms with Crippen LogP contribution in [0.1, 0.15) is 27.8 Å². The summed E-state index contributed by atoms with van der Waals surface area (Å²) in [6.07, 6.45) is 6.83. The van der Waals surface area contributed by atoms with Gasteiger partial charge in [-0.15, -0.1) is 0 Å². The minimum atomic E-state index is 0.825. The van der Waals surface area contributed by atoms with Crippen molar-refractivity contribution in [1.82, 2.24) is 9.36 Å². The highest BCUT2D eigenvalue weighted by Crippen LogP contribution is 2.36. The Labute approximate surface area is 150 Å². The van der Waals surface area contributed by atoms with E-state index in [0.717, 1.165) is 24.6 Å². The van der Waals surface area contributed by atoms with Crippen molar-refractivity contribution in [3.63, 3.8) is 0 Å². The molecule has 25 heavy (non-hydrogen) atoms. The van der Waals surface area contributed by atoms with Gasteiger partial charge in [-0.1, -0.05) is 42.5 Å². The Balaban J connectivity index is 1.71. The van der Waals surface area contributed by atoms with Crippen LogP contribution in [0, 0.1) is 0 Å². The molecular formula is C20H16N4S. The maximum atomic E-state index is 4.43. The molecule has 0 radical (unpaired) electrons. The van der Waals surface area contributed by atoms with Gasteiger partial charge in [-0.2, -0.15) is 4.37 Å². The van der Waals surface area contributed by atoms with E-state index in [1.165, 1.54) is 44.9 Å². The summed E-state index contributed by atoms with van der Waals surface area (Å²) in [5, 5.41) is 0.929. The molecule has 0 fully saturated rings. The molecule has 2 aromatic carbocycles. The van der Waals surface area contributed by atoms with E-state index >= 15 is 0 Å². The van der Waals surface area contributed by atoms with Crippen molar-refractivity contribution in [2.24, 2.45) is 4.99 Å². The van der Waals surface area contributed by atoms with E-state index in [1.54, 1.807) is 6.33 Å². The second-order valence-electron chi connectivity index (χ2n) is 6.21. The van der Waals surface area contributed by atoms with Crippen molar-refractivity contribution in [2.45, 2.75) is 13.0 Å². The molecule has 0 aliphatic carbocycles. The van der Waals surface area contributed by atoms with Crippen molar-refractivity contribution >= 4 is 28.5 Å². The Hall–Kier alpha value is -2.79. The van der Waals surface area contributed by atoms with E-state index in [2.05, 4.69) is 67.9 Å². The van der Waals surface area contributed by atoms with Gasteiger partial charge < -0.3 is 4.90 Å². The first-order valence-corrected chi connectivity index (χ1v) is 9.13. The molecule has 0 saturated carbocycles. The van der Waals surface area contributed by atoms with Gasteiger partial charge in [-0.3, -0.25) is 4.99 Å². The van der Waals surface area contributed by atoms with Gasteiger partial charge >= 0.3 is 0 Å². The van der Waals surface area contributed by atoms with Crippen molar-refractivity contribution in [3.05, 3.63) is 82.8 Å². The van der Waals surface area contributed by atoms with Crippen LogP contribution in [0.15, 0.2) is 60.0 Å². The summed E-state index contributed by atoms with van der Waals surface area (Å²) in [6.45, 7) is 1.68. The van der Waals surface area contributed by atoms with Crippen LogP contribution in [-0.2, 0) is 13.0 Å². The molecule has 1 aromatic heterocycles. The Morgan fingerprint density at radius 1 is 1.00 bits per heavy atom. The summed E-state index contributed by atoms with van der Waals surface area (Å²) in [4.78, 5) is 11.0. The zero-order valence-electron chi connectivity index (χ0n) is 13.6. The third-order valence-corrected chi connectivity index (χ3v) is 5.46. The molecule has 3 aromatic rings. The van der Waals surface area contributed by atoms with Gasteiger partial charge in [0.25, 0.3) is 0 Å². The van der Waals surface area contributed by atoms with E-state index in [-0.39, 0.29) is 0 Å².